The predicted molar refractivity (Wildman–Crippen MR) is 135 cm³/mol. The predicted octanol–water partition coefficient (Wildman–Crippen LogP) is 5.43. The van der Waals surface area contributed by atoms with E-state index < -0.39 is 8.32 Å². The van der Waals surface area contributed by atoms with Crippen molar-refractivity contribution in [3.8, 4) is 0 Å². The van der Waals surface area contributed by atoms with Crippen LogP contribution in [-0.2, 0) is 25.1 Å². The van der Waals surface area contributed by atoms with Crippen LogP contribution in [0.3, 0.4) is 0 Å². The van der Waals surface area contributed by atoms with Gasteiger partial charge in [0, 0.05) is 12.0 Å². The molecule has 2 aromatic rings. The molecule has 4 nitrogen and oxygen atoms in total. The highest BCUT2D eigenvalue weighted by Gasteiger charge is 2.52. The first-order chi connectivity index (χ1) is 14.9. The Morgan fingerprint density at radius 3 is 1.94 bits per heavy atom. The van der Waals surface area contributed by atoms with E-state index in [1.165, 1.54) is 10.8 Å². The van der Waals surface area contributed by atoms with Crippen molar-refractivity contribution in [2.24, 2.45) is 5.41 Å². The lowest BCUT2D eigenvalue weighted by Crippen LogP contribution is -2.48. The highest BCUT2D eigenvalue weighted by atomic mass is 28.4. The van der Waals surface area contributed by atoms with Gasteiger partial charge in [-0.1, -0.05) is 67.6 Å². The molecular formula is C26H39BO4Si. The van der Waals surface area contributed by atoms with Gasteiger partial charge < -0.3 is 18.5 Å². The second-order valence-electron chi connectivity index (χ2n) is 10.8. The van der Waals surface area contributed by atoms with Crippen LogP contribution in [-0.4, -0.2) is 39.9 Å². The molecule has 1 heterocycles. The van der Waals surface area contributed by atoms with Crippen LogP contribution in [0.15, 0.2) is 60.7 Å². The molecule has 3 rings (SSSR count). The molecule has 1 aliphatic heterocycles. The molecule has 0 aromatic heterocycles. The number of hydrogen-bond acceptors (Lipinski definition) is 4. The molecule has 1 aliphatic rings. The molecular weight excluding hydrogens is 415 g/mol. The summed E-state index contributed by atoms with van der Waals surface area (Å²) in [5.41, 5.74) is 0.241. The van der Waals surface area contributed by atoms with E-state index in [-0.39, 0.29) is 23.7 Å². The summed E-state index contributed by atoms with van der Waals surface area (Å²) >= 11 is 0. The van der Waals surface area contributed by atoms with Crippen LogP contribution in [0.25, 0.3) is 0 Å². The fourth-order valence-corrected chi connectivity index (χ4v) is 5.75. The Bertz CT molecular complexity index is 841. The number of ether oxygens (including phenoxy) is 1. The first-order valence-electron chi connectivity index (χ1n) is 11.6. The fraction of sp³-hybridized carbons (Fsp3) is 0.538. The van der Waals surface area contributed by atoms with E-state index in [9.17, 15) is 0 Å². The van der Waals surface area contributed by atoms with Gasteiger partial charge in [-0.2, -0.15) is 0 Å². The Morgan fingerprint density at radius 1 is 0.844 bits per heavy atom. The van der Waals surface area contributed by atoms with Crippen LogP contribution in [0.4, 0.5) is 0 Å². The van der Waals surface area contributed by atoms with Crippen molar-refractivity contribution >= 4 is 20.6 Å². The first kappa shape index (κ1) is 25.2. The van der Waals surface area contributed by atoms with Crippen molar-refractivity contribution in [2.45, 2.75) is 71.8 Å². The average Bonchev–Trinajstić information content (AvgIpc) is 2.93. The number of hydrogen-bond donors (Lipinski definition) is 0. The molecule has 0 saturated carbocycles. The maximum Gasteiger partial charge on any atom is 0.458 e. The molecule has 1 unspecified atom stereocenters. The lowest BCUT2D eigenvalue weighted by molar-refractivity contribution is 0.00578. The van der Waals surface area contributed by atoms with Gasteiger partial charge in [-0.15, -0.1) is 0 Å². The smallest absolute Gasteiger partial charge is 0.412 e. The summed E-state index contributed by atoms with van der Waals surface area (Å²) in [6.07, 6.45) is 0.716. The highest BCUT2D eigenvalue weighted by Crippen LogP contribution is 2.41. The Labute approximate surface area is 195 Å². The topological polar surface area (TPSA) is 36.9 Å². The molecule has 1 atom stereocenters. The van der Waals surface area contributed by atoms with Gasteiger partial charge >= 0.3 is 7.12 Å². The molecule has 6 heteroatoms. The van der Waals surface area contributed by atoms with Crippen molar-refractivity contribution in [3.05, 3.63) is 66.2 Å². The molecule has 0 N–H and O–H groups in total. The lowest BCUT2D eigenvalue weighted by atomic mass is 9.69. The largest absolute Gasteiger partial charge is 0.458 e. The molecule has 0 aliphatic carbocycles. The van der Waals surface area contributed by atoms with E-state index in [1.807, 2.05) is 24.3 Å². The Hall–Kier alpha value is -1.44. The zero-order valence-electron chi connectivity index (χ0n) is 20.8. The van der Waals surface area contributed by atoms with E-state index in [2.05, 4.69) is 84.1 Å². The maximum absolute atomic E-state index is 6.65. The van der Waals surface area contributed by atoms with Crippen molar-refractivity contribution in [1.29, 1.82) is 0 Å². The van der Waals surface area contributed by atoms with Crippen LogP contribution in [0.2, 0.25) is 19.4 Å². The Kier molecular flexibility index (Phi) is 7.73. The van der Waals surface area contributed by atoms with Crippen LogP contribution >= 0.6 is 0 Å². The van der Waals surface area contributed by atoms with Crippen LogP contribution in [0.1, 0.15) is 40.2 Å². The van der Waals surface area contributed by atoms with Crippen molar-refractivity contribution < 1.29 is 18.5 Å². The van der Waals surface area contributed by atoms with Crippen molar-refractivity contribution in [2.75, 3.05) is 13.2 Å². The molecule has 1 fully saturated rings. The third-order valence-corrected chi connectivity index (χ3v) is 9.36. The van der Waals surface area contributed by atoms with Crippen molar-refractivity contribution in [1.82, 2.24) is 0 Å². The Balaban J connectivity index is 1.69. The minimum Gasteiger partial charge on any atom is -0.412 e. The summed E-state index contributed by atoms with van der Waals surface area (Å²) in [6, 6.07) is 20.8. The molecule has 32 heavy (non-hydrogen) atoms. The molecule has 1 saturated heterocycles. The van der Waals surface area contributed by atoms with Gasteiger partial charge in [-0.25, -0.2) is 0 Å². The van der Waals surface area contributed by atoms with Gasteiger partial charge in [0.1, 0.15) is 0 Å². The summed E-state index contributed by atoms with van der Waals surface area (Å²) < 4.78 is 25.5. The molecule has 0 amide bonds. The minimum absolute atomic E-state index is 0.241. The molecule has 0 radical (unpaired) electrons. The third-order valence-electron chi connectivity index (χ3n) is 6.77. The normalized spacial score (nSPS) is 19.7. The highest BCUT2D eigenvalue weighted by molar-refractivity contribution is 6.84. The van der Waals surface area contributed by atoms with Gasteiger partial charge in [0.25, 0.3) is 0 Å². The van der Waals surface area contributed by atoms with E-state index >= 15 is 0 Å². The average molecular weight is 454 g/mol. The van der Waals surface area contributed by atoms with E-state index in [4.69, 9.17) is 18.5 Å². The quantitative estimate of drug-likeness (QED) is 0.449. The second kappa shape index (κ2) is 9.82. The fourth-order valence-electron chi connectivity index (χ4n) is 3.88. The third kappa shape index (κ3) is 6.33. The van der Waals surface area contributed by atoms with Gasteiger partial charge in [-0.3, -0.25) is 0 Å². The summed E-state index contributed by atoms with van der Waals surface area (Å²) in [4.78, 5) is 0. The van der Waals surface area contributed by atoms with E-state index in [0.717, 1.165) is 0 Å². The summed E-state index contributed by atoms with van der Waals surface area (Å²) in [6.45, 7) is 16.9. The summed E-state index contributed by atoms with van der Waals surface area (Å²) in [5, 5.41) is 1.29. The lowest BCUT2D eigenvalue weighted by Gasteiger charge is -2.34. The zero-order chi connectivity index (χ0) is 23.5. The minimum atomic E-state index is -2.04. The van der Waals surface area contributed by atoms with E-state index in [0.29, 0.717) is 26.1 Å². The van der Waals surface area contributed by atoms with Crippen molar-refractivity contribution in [3.63, 3.8) is 0 Å². The maximum atomic E-state index is 6.65. The van der Waals surface area contributed by atoms with Gasteiger partial charge in [0.15, 0.2) is 0 Å². The first-order valence-corrected chi connectivity index (χ1v) is 14.5. The molecule has 2 aromatic carbocycles. The molecule has 174 valence electrons. The van der Waals surface area contributed by atoms with Crippen LogP contribution < -0.4 is 5.19 Å². The van der Waals surface area contributed by atoms with Gasteiger partial charge in [0.2, 0.25) is 8.32 Å². The van der Waals surface area contributed by atoms with E-state index in [1.54, 1.807) is 0 Å². The second-order valence-corrected chi connectivity index (χ2v) is 14.7. The Morgan fingerprint density at radius 2 is 1.38 bits per heavy atom. The van der Waals surface area contributed by atoms with Gasteiger partial charge in [-0.05, 0) is 57.9 Å². The molecule has 0 spiro atoms. The van der Waals surface area contributed by atoms with Gasteiger partial charge in [0.05, 0.1) is 24.4 Å². The number of benzene rings is 2. The van der Waals surface area contributed by atoms with Crippen LogP contribution in [0, 0.1) is 5.41 Å². The SMILES string of the molecule is CC(COCc1ccccc1)(CO[Si](C)(C)c1ccccc1)CB1OC(C)(C)C(C)(C)O1. The monoisotopic (exact) mass is 454 g/mol. The summed E-state index contributed by atoms with van der Waals surface area (Å²) in [7, 11) is -2.32. The standard InChI is InChI=1S/C26H39BO4Si/c1-24(2)25(3,4)31-27(30-24)19-26(5,20-28-18-22-14-10-8-11-15-22)21-29-32(6,7)23-16-12-9-13-17-23/h8-17H,18-21H2,1-7H3. The number of rotatable bonds is 10. The van der Waals surface area contributed by atoms with Crippen LogP contribution in [0.5, 0.6) is 0 Å². The summed E-state index contributed by atoms with van der Waals surface area (Å²) in [5.74, 6) is 0. The molecule has 0 bridgehead atoms. The zero-order valence-corrected chi connectivity index (χ0v) is 21.8.